The van der Waals surface area contributed by atoms with Gasteiger partial charge in [0, 0.05) is 6.61 Å². The maximum absolute atomic E-state index is 10.9. The molecule has 0 saturated heterocycles. The van der Waals surface area contributed by atoms with E-state index in [1.807, 2.05) is 0 Å². The van der Waals surface area contributed by atoms with Gasteiger partial charge in [-0.1, -0.05) is 12.8 Å². The second-order valence-electron chi connectivity index (χ2n) is 3.27. The Morgan fingerprint density at radius 3 is 2.75 bits per heavy atom. The number of hydrogen-bond donors (Lipinski definition) is 0. The molecule has 1 aliphatic rings. The van der Waals surface area contributed by atoms with Gasteiger partial charge in [-0.3, -0.25) is 0 Å². The minimum Gasteiger partial charge on any atom is -0.467 e. The molecule has 12 heavy (non-hydrogen) atoms. The van der Waals surface area contributed by atoms with Crippen molar-refractivity contribution < 1.29 is 14.3 Å². The van der Waals surface area contributed by atoms with E-state index in [4.69, 9.17) is 4.74 Å². The van der Waals surface area contributed by atoms with Crippen LogP contribution in [-0.2, 0) is 14.3 Å². The van der Waals surface area contributed by atoms with E-state index in [-0.39, 0.29) is 5.97 Å². The molecule has 0 aliphatic heterocycles. The first kappa shape index (κ1) is 9.52. The summed E-state index contributed by atoms with van der Waals surface area (Å²) < 4.78 is 9.79. The normalized spacial score (nSPS) is 18.8. The van der Waals surface area contributed by atoms with Crippen LogP contribution >= 0.6 is 0 Å². The number of rotatable bonds is 5. The smallest absolute Gasteiger partial charge is 0.334 e. The second kappa shape index (κ2) is 4.45. The summed E-state index contributed by atoms with van der Waals surface area (Å²) in [4.78, 5) is 10.9. The average Bonchev–Trinajstić information content (AvgIpc) is 2.86. The topological polar surface area (TPSA) is 35.5 Å². The third-order valence-corrected chi connectivity index (χ3v) is 2.12. The fourth-order valence-electron chi connectivity index (χ4n) is 1.05. The summed E-state index contributed by atoms with van der Waals surface area (Å²) in [5, 5.41) is 0. The van der Waals surface area contributed by atoms with Crippen molar-refractivity contribution in [3.63, 3.8) is 0 Å². The SMILES string of the molecule is COC(=O)C(C)OCCC1CC1. The molecule has 0 aromatic heterocycles. The standard InChI is InChI=1S/C9H16O3/c1-7(9(10)11-2)12-6-5-8-3-4-8/h7-8H,3-6H2,1-2H3. The molecule has 3 nitrogen and oxygen atoms in total. The molecule has 1 unspecified atom stereocenters. The highest BCUT2D eigenvalue weighted by atomic mass is 16.6. The monoisotopic (exact) mass is 172 g/mol. The Balaban J connectivity index is 2.00. The summed E-state index contributed by atoms with van der Waals surface area (Å²) in [6.07, 6.45) is 3.33. The van der Waals surface area contributed by atoms with E-state index in [0.29, 0.717) is 6.61 Å². The van der Waals surface area contributed by atoms with Crippen LogP contribution in [0.5, 0.6) is 0 Å². The van der Waals surface area contributed by atoms with Crippen molar-refractivity contribution in [3.8, 4) is 0 Å². The Hall–Kier alpha value is -0.570. The van der Waals surface area contributed by atoms with Gasteiger partial charge in [0.2, 0.25) is 0 Å². The van der Waals surface area contributed by atoms with Gasteiger partial charge >= 0.3 is 5.97 Å². The van der Waals surface area contributed by atoms with Gasteiger partial charge in [-0.2, -0.15) is 0 Å². The van der Waals surface area contributed by atoms with E-state index < -0.39 is 6.10 Å². The summed E-state index contributed by atoms with van der Waals surface area (Å²) >= 11 is 0. The van der Waals surface area contributed by atoms with Crippen molar-refractivity contribution in [2.45, 2.75) is 32.3 Å². The highest BCUT2D eigenvalue weighted by molar-refractivity contribution is 5.73. The van der Waals surface area contributed by atoms with Crippen LogP contribution in [0.15, 0.2) is 0 Å². The summed E-state index contributed by atoms with van der Waals surface area (Å²) in [5.41, 5.74) is 0. The fraction of sp³-hybridized carbons (Fsp3) is 0.889. The van der Waals surface area contributed by atoms with Crippen LogP contribution in [0.2, 0.25) is 0 Å². The maximum atomic E-state index is 10.9. The number of carbonyl (C=O) groups is 1. The number of hydrogen-bond acceptors (Lipinski definition) is 3. The number of esters is 1. The molecule has 70 valence electrons. The zero-order valence-electron chi connectivity index (χ0n) is 7.71. The van der Waals surface area contributed by atoms with Crippen LogP contribution in [-0.4, -0.2) is 25.8 Å². The molecule has 0 bridgehead atoms. The highest BCUT2D eigenvalue weighted by Gasteiger charge is 2.21. The van der Waals surface area contributed by atoms with E-state index >= 15 is 0 Å². The minimum atomic E-state index is -0.409. The van der Waals surface area contributed by atoms with Gasteiger partial charge in [0.25, 0.3) is 0 Å². The zero-order valence-corrected chi connectivity index (χ0v) is 7.71. The molecule has 0 aromatic rings. The van der Waals surface area contributed by atoms with Crippen LogP contribution in [0.3, 0.4) is 0 Å². The molecular formula is C9H16O3. The lowest BCUT2D eigenvalue weighted by Gasteiger charge is -2.09. The van der Waals surface area contributed by atoms with Crippen LogP contribution in [0.25, 0.3) is 0 Å². The molecule has 0 amide bonds. The van der Waals surface area contributed by atoms with Gasteiger partial charge in [-0.25, -0.2) is 4.79 Å². The van der Waals surface area contributed by atoms with E-state index in [0.717, 1.165) is 12.3 Å². The summed E-state index contributed by atoms with van der Waals surface area (Å²) in [5.74, 6) is 0.570. The minimum absolute atomic E-state index is 0.286. The van der Waals surface area contributed by atoms with Crippen LogP contribution in [0.4, 0.5) is 0 Å². The van der Waals surface area contributed by atoms with Gasteiger partial charge < -0.3 is 9.47 Å². The van der Waals surface area contributed by atoms with Crippen LogP contribution < -0.4 is 0 Å². The van der Waals surface area contributed by atoms with Crippen molar-refractivity contribution in [1.82, 2.24) is 0 Å². The Morgan fingerprint density at radius 1 is 1.58 bits per heavy atom. The lowest BCUT2D eigenvalue weighted by Crippen LogP contribution is -2.22. The summed E-state index contributed by atoms with van der Waals surface area (Å²) in [6, 6.07) is 0. The molecule has 1 atom stereocenters. The Morgan fingerprint density at radius 2 is 2.25 bits per heavy atom. The van der Waals surface area contributed by atoms with E-state index in [1.54, 1.807) is 6.92 Å². The molecule has 0 aromatic carbocycles. The molecule has 1 rings (SSSR count). The molecule has 0 radical (unpaired) electrons. The average molecular weight is 172 g/mol. The largest absolute Gasteiger partial charge is 0.467 e. The molecule has 1 saturated carbocycles. The lowest BCUT2D eigenvalue weighted by molar-refractivity contribution is -0.152. The van der Waals surface area contributed by atoms with E-state index in [2.05, 4.69) is 4.74 Å². The van der Waals surface area contributed by atoms with Crippen molar-refractivity contribution in [1.29, 1.82) is 0 Å². The quantitative estimate of drug-likeness (QED) is 0.587. The summed E-state index contributed by atoms with van der Waals surface area (Å²) in [7, 11) is 1.38. The van der Waals surface area contributed by atoms with Gasteiger partial charge in [0.05, 0.1) is 7.11 Å². The number of ether oxygens (including phenoxy) is 2. The Bertz CT molecular complexity index is 152. The molecule has 0 spiro atoms. The van der Waals surface area contributed by atoms with Crippen LogP contribution in [0, 0.1) is 5.92 Å². The van der Waals surface area contributed by atoms with Gasteiger partial charge in [0.15, 0.2) is 6.10 Å². The molecular weight excluding hydrogens is 156 g/mol. The van der Waals surface area contributed by atoms with Gasteiger partial charge in [-0.15, -0.1) is 0 Å². The molecule has 1 fully saturated rings. The second-order valence-corrected chi connectivity index (χ2v) is 3.27. The lowest BCUT2D eigenvalue weighted by atomic mass is 10.3. The summed E-state index contributed by atoms with van der Waals surface area (Å²) in [6.45, 7) is 2.40. The van der Waals surface area contributed by atoms with Crippen LogP contribution in [0.1, 0.15) is 26.2 Å². The number of carbonyl (C=O) groups excluding carboxylic acids is 1. The molecule has 0 heterocycles. The maximum Gasteiger partial charge on any atom is 0.334 e. The van der Waals surface area contributed by atoms with Gasteiger partial charge in [0.1, 0.15) is 0 Å². The first-order valence-corrected chi connectivity index (χ1v) is 4.43. The Labute approximate surface area is 73.0 Å². The van der Waals surface area contributed by atoms with Crippen molar-refractivity contribution in [2.24, 2.45) is 5.92 Å². The fourth-order valence-corrected chi connectivity index (χ4v) is 1.05. The zero-order chi connectivity index (χ0) is 8.97. The Kier molecular flexibility index (Phi) is 3.53. The molecule has 0 N–H and O–H groups in total. The van der Waals surface area contributed by atoms with Crippen molar-refractivity contribution in [3.05, 3.63) is 0 Å². The van der Waals surface area contributed by atoms with E-state index in [9.17, 15) is 4.79 Å². The highest BCUT2D eigenvalue weighted by Crippen LogP contribution is 2.32. The van der Waals surface area contributed by atoms with Crippen molar-refractivity contribution in [2.75, 3.05) is 13.7 Å². The molecule has 3 heteroatoms. The first-order valence-electron chi connectivity index (χ1n) is 4.43. The third-order valence-electron chi connectivity index (χ3n) is 2.12. The van der Waals surface area contributed by atoms with Crippen molar-refractivity contribution >= 4 is 5.97 Å². The predicted molar refractivity (Wildman–Crippen MR) is 44.8 cm³/mol. The molecule has 1 aliphatic carbocycles. The van der Waals surface area contributed by atoms with E-state index in [1.165, 1.54) is 20.0 Å². The van der Waals surface area contributed by atoms with Gasteiger partial charge in [-0.05, 0) is 19.3 Å². The predicted octanol–water partition coefficient (Wildman–Crippen LogP) is 1.36. The third kappa shape index (κ3) is 3.22. The number of methoxy groups -OCH3 is 1. The first-order chi connectivity index (χ1) is 5.74.